The fourth-order valence-corrected chi connectivity index (χ4v) is 4.83. The first-order valence-corrected chi connectivity index (χ1v) is 11.0. The number of halogens is 2. The van der Waals surface area contributed by atoms with Crippen LogP contribution in [-0.4, -0.2) is 26.3 Å². The summed E-state index contributed by atoms with van der Waals surface area (Å²) < 4.78 is 27.6. The number of benzene rings is 2. The van der Waals surface area contributed by atoms with Crippen LogP contribution in [0.1, 0.15) is 35.7 Å². The molecule has 3 rings (SSSR count). The molecular formula is C19H19Cl2N3O4S. The van der Waals surface area contributed by atoms with E-state index in [9.17, 15) is 18.0 Å². The number of rotatable bonds is 6. The van der Waals surface area contributed by atoms with E-state index in [1.54, 1.807) is 25.1 Å². The van der Waals surface area contributed by atoms with Crippen molar-refractivity contribution < 1.29 is 18.0 Å². The van der Waals surface area contributed by atoms with Crippen molar-refractivity contribution in [2.24, 2.45) is 0 Å². The van der Waals surface area contributed by atoms with Gasteiger partial charge in [-0.3, -0.25) is 9.59 Å². The van der Waals surface area contributed by atoms with Crippen LogP contribution < -0.4 is 15.4 Å². The number of carbonyl (C=O) groups excluding carboxylic acids is 2. The van der Waals surface area contributed by atoms with Crippen LogP contribution in [0.15, 0.2) is 35.2 Å². The molecule has 7 nitrogen and oxygen atoms in total. The molecule has 10 heteroatoms. The van der Waals surface area contributed by atoms with Gasteiger partial charge in [-0.25, -0.2) is 13.1 Å². The third-order valence-corrected chi connectivity index (χ3v) is 6.55. The van der Waals surface area contributed by atoms with Gasteiger partial charge in [0.15, 0.2) is 0 Å². The number of hydrogen-bond donors (Lipinski definition) is 3. The van der Waals surface area contributed by atoms with Crippen LogP contribution in [-0.2, 0) is 14.8 Å². The Morgan fingerprint density at radius 3 is 2.31 bits per heavy atom. The summed E-state index contributed by atoms with van der Waals surface area (Å²) in [4.78, 5) is 23.7. The van der Waals surface area contributed by atoms with Gasteiger partial charge in [-0.1, -0.05) is 23.2 Å². The quantitative estimate of drug-likeness (QED) is 0.612. The summed E-state index contributed by atoms with van der Waals surface area (Å²) in [7, 11) is -3.86. The van der Waals surface area contributed by atoms with E-state index in [4.69, 9.17) is 23.2 Å². The van der Waals surface area contributed by atoms with E-state index in [0.29, 0.717) is 11.4 Å². The number of nitrogens with one attached hydrogen (secondary N) is 3. The molecule has 1 saturated carbocycles. The zero-order valence-electron chi connectivity index (χ0n) is 15.7. The summed E-state index contributed by atoms with van der Waals surface area (Å²) in [6, 6.07) is 7.26. The molecule has 0 radical (unpaired) electrons. The molecule has 0 bridgehead atoms. The summed E-state index contributed by atoms with van der Waals surface area (Å²) in [6.07, 6.45) is 1.54. The summed E-state index contributed by atoms with van der Waals surface area (Å²) in [5, 5.41) is 5.33. The van der Waals surface area contributed by atoms with Gasteiger partial charge in [0.1, 0.15) is 4.90 Å². The van der Waals surface area contributed by atoms with E-state index in [-0.39, 0.29) is 32.5 Å². The molecule has 1 aliphatic rings. The highest BCUT2D eigenvalue weighted by molar-refractivity contribution is 7.89. The van der Waals surface area contributed by atoms with Crippen molar-refractivity contribution in [2.45, 2.75) is 37.6 Å². The Morgan fingerprint density at radius 2 is 1.72 bits per heavy atom. The van der Waals surface area contributed by atoms with Crippen LogP contribution in [0.25, 0.3) is 0 Å². The molecule has 2 aromatic carbocycles. The molecule has 2 aromatic rings. The fraction of sp³-hybridized carbons (Fsp3) is 0.263. The van der Waals surface area contributed by atoms with Crippen molar-refractivity contribution in [3.63, 3.8) is 0 Å². The Balaban J connectivity index is 1.86. The van der Waals surface area contributed by atoms with Gasteiger partial charge < -0.3 is 10.6 Å². The fourth-order valence-electron chi connectivity index (χ4n) is 2.66. The second-order valence-electron chi connectivity index (χ2n) is 6.82. The maximum atomic E-state index is 12.7. The lowest BCUT2D eigenvalue weighted by molar-refractivity contribution is -0.114. The first-order valence-electron chi connectivity index (χ1n) is 8.78. The lowest BCUT2D eigenvalue weighted by Gasteiger charge is -2.13. The average molecular weight is 456 g/mol. The smallest absolute Gasteiger partial charge is 0.257 e. The largest absolute Gasteiger partial charge is 0.326 e. The minimum Gasteiger partial charge on any atom is -0.326 e. The van der Waals surface area contributed by atoms with E-state index in [2.05, 4.69) is 15.4 Å². The number of hydrogen-bond acceptors (Lipinski definition) is 4. The third-order valence-electron chi connectivity index (χ3n) is 4.25. The molecule has 0 spiro atoms. The lowest BCUT2D eigenvalue weighted by atomic mass is 10.1. The zero-order valence-corrected chi connectivity index (χ0v) is 18.0. The standard InChI is InChI=1S/C19H19Cl2N3O4S/c1-10-7-13(5-6-17(10)22-11(2)25)23-19(26)14-8-18(16(21)9-15(14)20)29(27,28)24-12-3-4-12/h5-9,12,24H,3-4H2,1-2H3,(H,22,25)(H,23,26). The summed E-state index contributed by atoms with van der Waals surface area (Å²) in [6.45, 7) is 3.19. The van der Waals surface area contributed by atoms with E-state index in [1.807, 2.05) is 0 Å². The molecule has 0 aromatic heterocycles. The molecule has 154 valence electrons. The molecule has 0 atom stereocenters. The maximum Gasteiger partial charge on any atom is 0.257 e. The van der Waals surface area contributed by atoms with Crippen LogP contribution in [0, 0.1) is 6.92 Å². The van der Waals surface area contributed by atoms with E-state index >= 15 is 0 Å². The summed E-state index contributed by atoms with van der Waals surface area (Å²) >= 11 is 12.2. The topological polar surface area (TPSA) is 104 Å². The predicted octanol–water partition coefficient (Wildman–Crippen LogP) is 3.95. The van der Waals surface area contributed by atoms with Crippen molar-refractivity contribution in [1.82, 2.24) is 4.72 Å². The summed E-state index contributed by atoms with van der Waals surface area (Å²) in [5.74, 6) is -0.785. The van der Waals surface area contributed by atoms with Crippen LogP contribution in [0.3, 0.4) is 0 Å². The van der Waals surface area contributed by atoms with Gasteiger partial charge in [-0.2, -0.15) is 0 Å². The van der Waals surface area contributed by atoms with Gasteiger partial charge in [0.2, 0.25) is 15.9 Å². The number of sulfonamides is 1. The zero-order chi connectivity index (χ0) is 21.3. The Labute approximate surface area is 178 Å². The van der Waals surface area contributed by atoms with Gasteiger partial charge in [0.05, 0.1) is 15.6 Å². The van der Waals surface area contributed by atoms with Crippen LogP contribution in [0.5, 0.6) is 0 Å². The molecule has 1 fully saturated rings. The number of anilines is 2. The van der Waals surface area contributed by atoms with Crippen molar-refractivity contribution in [3.05, 3.63) is 51.5 Å². The average Bonchev–Trinajstić information content (AvgIpc) is 3.40. The Morgan fingerprint density at radius 1 is 1.03 bits per heavy atom. The Bertz CT molecular complexity index is 1100. The van der Waals surface area contributed by atoms with Gasteiger partial charge in [-0.15, -0.1) is 0 Å². The van der Waals surface area contributed by atoms with Crippen molar-refractivity contribution in [1.29, 1.82) is 0 Å². The van der Waals surface area contributed by atoms with Gasteiger partial charge >= 0.3 is 0 Å². The molecule has 0 aliphatic heterocycles. The highest BCUT2D eigenvalue weighted by atomic mass is 35.5. The Hall–Kier alpha value is -2.13. The molecule has 3 N–H and O–H groups in total. The van der Waals surface area contributed by atoms with Crippen LogP contribution >= 0.6 is 23.2 Å². The van der Waals surface area contributed by atoms with E-state index < -0.39 is 15.9 Å². The molecule has 0 saturated heterocycles. The van der Waals surface area contributed by atoms with Crippen LogP contribution in [0.2, 0.25) is 10.0 Å². The molecule has 1 aliphatic carbocycles. The molecule has 0 unspecified atom stereocenters. The van der Waals surface area contributed by atoms with Gasteiger partial charge in [0, 0.05) is 24.3 Å². The van der Waals surface area contributed by atoms with Crippen molar-refractivity contribution in [3.8, 4) is 0 Å². The van der Waals surface area contributed by atoms with E-state index in [0.717, 1.165) is 18.4 Å². The lowest BCUT2D eigenvalue weighted by Crippen LogP contribution is -2.26. The van der Waals surface area contributed by atoms with Crippen molar-refractivity contribution >= 4 is 56.4 Å². The molecule has 2 amide bonds. The molecular weight excluding hydrogens is 437 g/mol. The monoisotopic (exact) mass is 455 g/mol. The second-order valence-corrected chi connectivity index (χ2v) is 9.32. The van der Waals surface area contributed by atoms with E-state index in [1.165, 1.54) is 19.1 Å². The Kier molecular flexibility index (Phi) is 6.19. The number of carbonyl (C=O) groups is 2. The summed E-state index contributed by atoms with van der Waals surface area (Å²) in [5.41, 5.74) is 1.82. The predicted molar refractivity (Wildman–Crippen MR) is 113 cm³/mol. The number of aryl methyl sites for hydroxylation is 1. The second kappa shape index (κ2) is 8.31. The first-order chi connectivity index (χ1) is 13.6. The minimum atomic E-state index is -3.86. The minimum absolute atomic E-state index is 0.0178. The SMILES string of the molecule is CC(=O)Nc1ccc(NC(=O)c2cc(S(=O)(=O)NC3CC3)c(Cl)cc2Cl)cc1C. The molecule has 29 heavy (non-hydrogen) atoms. The highest BCUT2D eigenvalue weighted by Gasteiger charge is 2.30. The molecule has 0 heterocycles. The van der Waals surface area contributed by atoms with Gasteiger partial charge in [0.25, 0.3) is 5.91 Å². The maximum absolute atomic E-state index is 12.7. The number of amides is 2. The highest BCUT2D eigenvalue weighted by Crippen LogP contribution is 2.31. The van der Waals surface area contributed by atoms with Crippen molar-refractivity contribution in [2.75, 3.05) is 10.6 Å². The third kappa shape index (κ3) is 5.27. The normalized spacial score (nSPS) is 13.8. The van der Waals surface area contributed by atoms with Gasteiger partial charge in [-0.05, 0) is 55.7 Å². The first kappa shape index (κ1) is 21.6. The van der Waals surface area contributed by atoms with Crippen LogP contribution in [0.4, 0.5) is 11.4 Å².